The lowest BCUT2D eigenvalue weighted by Gasteiger charge is -2.14. The highest BCUT2D eigenvalue weighted by Crippen LogP contribution is 2.16. The molecule has 0 aliphatic heterocycles. The predicted molar refractivity (Wildman–Crippen MR) is 105 cm³/mol. The highest BCUT2D eigenvalue weighted by atomic mass is 16.2. The number of carbonyl (C=O) groups excluding carboxylic acids is 2. The van der Waals surface area contributed by atoms with Gasteiger partial charge in [0.2, 0.25) is 11.8 Å². The molecule has 142 valence electrons. The van der Waals surface area contributed by atoms with E-state index in [4.69, 9.17) is 5.73 Å². The summed E-state index contributed by atoms with van der Waals surface area (Å²) in [7, 11) is 0. The van der Waals surface area contributed by atoms with Gasteiger partial charge in [-0.2, -0.15) is 10.1 Å². The first-order valence-electron chi connectivity index (χ1n) is 8.59. The van der Waals surface area contributed by atoms with Gasteiger partial charge in [-0.3, -0.25) is 9.59 Å². The van der Waals surface area contributed by atoms with E-state index in [1.54, 1.807) is 19.1 Å². The fraction of sp³-hybridized carbons (Fsp3) is 0.150. The molecule has 1 heterocycles. The van der Waals surface area contributed by atoms with Crippen LogP contribution in [0, 0.1) is 6.92 Å². The Morgan fingerprint density at radius 3 is 2.29 bits per heavy atom. The van der Waals surface area contributed by atoms with Crippen molar-refractivity contribution in [1.82, 2.24) is 14.8 Å². The van der Waals surface area contributed by atoms with E-state index in [9.17, 15) is 14.4 Å². The highest BCUT2D eigenvalue weighted by molar-refractivity contribution is 5.95. The number of benzene rings is 2. The molecule has 1 atom stereocenters. The number of nitrogens with two attached hydrogens (primary N) is 1. The summed E-state index contributed by atoms with van der Waals surface area (Å²) in [5.74, 6) is -0.993. The van der Waals surface area contributed by atoms with Gasteiger partial charge in [0.1, 0.15) is 6.04 Å². The van der Waals surface area contributed by atoms with Crippen molar-refractivity contribution in [2.45, 2.75) is 19.9 Å². The molecule has 0 aliphatic rings. The first-order valence-corrected chi connectivity index (χ1v) is 8.59. The van der Waals surface area contributed by atoms with Gasteiger partial charge in [-0.25, -0.2) is 9.48 Å². The third-order valence-electron chi connectivity index (χ3n) is 4.25. The van der Waals surface area contributed by atoms with E-state index in [2.05, 4.69) is 15.4 Å². The van der Waals surface area contributed by atoms with E-state index in [-0.39, 0.29) is 0 Å². The predicted octanol–water partition coefficient (Wildman–Crippen LogP) is 1.91. The summed E-state index contributed by atoms with van der Waals surface area (Å²) in [6, 6.07) is 12.8. The van der Waals surface area contributed by atoms with Gasteiger partial charge in [0, 0.05) is 16.8 Å². The van der Waals surface area contributed by atoms with Crippen molar-refractivity contribution in [3.63, 3.8) is 0 Å². The van der Waals surface area contributed by atoms with E-state index in [1.807, 2.05) is 31.2 Å². The molecule has 0 unspecified atom stereocenters. The van der Waals surface area contributed by atoms with Crippen molar-refractivity contribution in [2.75, 3.05) is 5.32 Å². The Morgan fingerprint density at radius 1 is 1.07 bits per heavy atom. The summed E-state index contributed by atoms with van der Waals surface area (Å²) >= 11 is 0. The van der Waals surface area contributed by atoms with Crippen LogP contribution in [0.4, 0.5) is 5.69 Å². The lowest BCUT2D eigenvalue weighted by atomic mass is 10.1. The zero-order valence-electron chi connectivity index (χ0n) is 15.4. The normalized spacial score (nSPS) is 11.6. The fourth-order valence-corrected chi connectivity index (χ4v) is 2.55. The fourth-order valence-electron chi connectivity index (χ4n) is 2.55. The summed E-state index contributed by atoms with van der Waals surface area (Å²) in [6.45, 7) is 3.52. The van der Waals surface area contributed by atoms with Gasteiger partial charge in [-0.05, 0) is 38.1 Å². The highest BCUT2D eigenvalue weighted by Gasteiger charge is 2.18. The molecule has 28 heavy (non-hydrogen) atoms. The molecule has 8 nitrogen and oxygen atoms in total. The molecule has 0 aliphatic carbocycles. The van der Waals surface area contributed by atoms with Gasteiger partial charge < -0.3 is 11.1 Å². The molecule has 2 amide bonds. The third-order valence-corrected chi connectivity index (χ3v) is 4.25. The number of aryl methyl sites for hydroxylation is 1. The van der Waals surface area contributed by atoms with Crippen molar-refractivity contribution in [3.8, 4) is 11.3 Å². The Morgan fingerprint density at radius 2 is 1.71 bits per heavy atom. The molecule has 3 aromatic rings. The summed E-state index contributed by atoms with van der Waals surface area (Å²) in [4.78, 5) is 39.9. The molecular weight excluding hydrogens is 358 g/mol. The number of amides is 2. The second kappa shape index (κ2) is 7.83. The van der Waals surface area contributed by atoms with Crippen molar-refractivity contribution in [3.05, 3.63) is 76.3 Å². The van der Waals surface area contributed by atoms with Gasteiger partial charge in [0.15, 0.2) is 0 Å². The van der Waals surface area contributed by atoms with Gasteiger partial charge in [-0.1, -0.05) is 29.8 Å². The van der Waals surface area contributed by atoms with Crippen LogP contribution in [0.2, 0.25) is 0 Å². The minimum atomic E-state index is -0.872. The number of anilines is 1. The van der Waals surface area contributed by atoms with Crippen molar-refractivity contribution >= 4 is 17.5 Å². The van der Waals surface area contributed by atoms with E-state index in [0.717, 1.165) is 15.8 Å². The first kappa shape index (κ1) is 19.0. The molecule has 0 saturated heterocycles. The molecule has 0 radical (unpaired) electrons. The van der Waals surface area contributed by atoms with Crippen LogP contribution in [-0.2, 0) is 4.79 Å². The molecular formula is C20H19N5O3. The second-order valence-electron chi connectivity index (χ2n) is 6.34. The SMILES string of the molecule is Cc1ccc(-c2cnn([C@H](C)C(=O)Nc3ccc(C(N)=O)cc3)c(=O)n2)cc1. The van der Waals surface area contributed by atoms with E-state index in [0.29, 0.717) is 16.9 Å². The number of nitrogens with one attached hydrogen (secondary N) is 1. The van der Waals surface area contributed by atoms with Crippen LogP contribution >= 0.6 is 0 Å². The van der Waals surface area contributed by atoms with Crippen molar-refractivity contribution in [1.29, 1.82) is 0 Å². The maximum Gasteiger partial charge on any atom is 0.365 e. The van der Waals surface area contributed by atoms with E-state index < -0.39 is 23.5 Å². The van der Waals surface area contributed by atoms with Crippen LogP contribution in [-0.4, -0.2) is 26.6 Å². The largest absolute Gasteiger partial charge is 0.366 e. The molecule has 0 fully saturated rings. The molecule has 3 rings (SSSR count). The molecule has 0 saturated carbocycles. The van der Waals surface area contributed by atoms with Gasteiger partial charge in [0.25, 0.3) is 0 Å². The Bertz CT molecular complexity index is 1070. The summed E-state index contributed by atoms with van der Waals surface area (Å²) in [5.41, 5.74) is 7.68. The molecule has 2 aromatic carbocycles. The monoisotopic (exact) mass is 377 g/mol. The summed E-state index contributed by atoms with van der Waals surface area (Å²) < 4.78 is 1.02. The maximum atomic E-state index is 12.4. The quantitative estimate of drug-likeness (QED) is 0.704. The Kier molecular flexibility index (Phi) is 5.30. The average Bonchev–Trinajstić information content (AvgIpc) is 2.68. The minimum Gasteiger partial charge on any atom is -0.366 e. The third kappa shape index (κ3) is 4.12. The number of aromatic nitrogens is 3. The lowest BCUT2D eigenvalue weighted by Crippen LogP contribution is -2.34. The van der Waals surface area contributed by atoms with Crippen LogP contribution in [0.25, 0.3) is 11.3 Å². The molecule has 1 aromatic heterocycles. The Labute approximate surface area is 161 Å². The number of nitrogens with zero attached hydrogens (tertiary/aromatic N) is 3. The van der Waals surface area contributed by atoms with Gasteiger partial charge in [0.05, 0.1) is 11.9 Å². The standard InChI is InChI=1S/C20H19N5O3/c1-12-3-5-14(6-4-12)17-11-22-25(20(28)24-17)13(2)19(27)23-16-9-7-15(8-10-16)18(21)26/h3-11,13H,1-2H3,(H2,21,26)(H,23,27)/t13-/m1/s1. The number of hydrogen-bond acceptors (Lipinski definition) is 5. The van der Waals surface area contributed by atoms with Crippen LogP contribution < -0.4 is 16.7 Å². The smallest absolute Gasteiger partial charge is 0.365 e. The average molecular weight is 377 g/mol. The maximum absolute atomic E-state index is 12.4. The van der Waals surface area contributed by atoms with Gasteiger partial charge >= 0.3 is 5.69 Å². The van der Waals surface area contributed by atoms with Gasteiger partial charge in [-0.15, -0.1) is 0 Å². The summed E-state index contributed by atoms with van der Waals surface area (Å²) in [5, 5.41) is 6.76. The first-order chi connectivity index (χ1) is 13.3. The Balaban J connectivity index is 1.76. The second-order valence-corrected chi connectivity index (χ2v) is 6.34. The molecule has 3 N–H and O–H groups in total. The minimum absolute atomic E-state index is 0.333. The van der Waals surface area contributed by atoms with Crippen LogP contribution in [0.5, 0.6) is 0 Å². The van der Waals surface area contributed by atoms with Crippen molar-refractivity contribution < 1.29 is 9.59 Å². The lowest BCUT2D eigenvalue weighted by molar-refractivity contribution is -0.119. The number of carbonyl (C=O) groups is 2. The molecule has 0 bridgehead atoms. The van der Waals surface area contributed by atoms with E-state index >= 15 is 0 Å². The summed E-state index contributed by atoms with van der Waals surface area (Å²) in [6.07, 6.45) is 1.46. The van der Waals surface area contributed by atoms with Crippen LogP contribution in [0.1, 0.15) is 28.9 Å². The molecule has 0 spiro atoms. The number of hydrogen-bond donors (Lipinski definition) is 2. The van der Waals surface area contributed by atoms with Crippen molar-refractivity contribution in [2.24, 2.45) is 5.73 Å². The topological polar surface area (TPSA) is 120 Å². The zero-order chi connectivity index (χ0) is 20.3. The van der Waals surface area contributed by atoms with Crippen LogP contribution in [0.15, 0.2) is 59.5 Å². The van der Waals surface area contributed by atoms with Crippen LogP contribution in [0.3, 0.4) is 0 Å². The number of primary amides is 1. The number of rotatable bonds is 5. The Hall–Kier alpha value is -3.81. The van der Waals surface area contributed by atoms with E-state index in [1.165, 1.54) is 18.3 Å². The zero-order valence-corrected chi connectivity index (χ0v) is 15.4. The molecule has 8 heteroatoms.